The van der Waals surface area contributed by atoms with E-state index in [0.29, 0.717) is 22.7 Å². The zero-order chi connectivity index (χ0) is 12.4. The van der Waals surface area contributed by atoms with Gasteiger partial charge in [0.05, 0.1) is 11.7 Å². The Kier molecular flexibility index (Phi) is 3.94. The molecule has 0 aromatic heterocycles. The lowest BCUT2D eigenvalue weighted by Crippen LogP contribution is -2.12. The molecule has 17 heavy (non-hydrogen) atoms. The summed E-state index contributed by atoms with van der Waals surface area (Å²) in [6.07, 6.45) is 0. The number of hydrogen-bond acceptors (Lipinski definition) is 3. The molecule has 5 heteroatoms. The number of nitrogens with one attached hydrogen (secondary N) is 1. The van der Waals surface area contributed by atoms with Crippen LogP contribution >= 0.6 is 23.4 Å². The molecule has 1 atom stereocenters. The maximum Gasteiger partial charge on any atom is 0.161 e. The van der Waals surface area contributed by atoms with E-state index in [9.17, 15) is 4.39 Å². The van der Waals surface area contributed by atoms with Gasteiger partial charge in [0.2, 0.25) is 0 Å². The van der Waals surface area contributed by atoms with E-state index in [-0.39, 0.29) is 5.82 Å². The van der Waals surface area contributed by atoms with Crippen molar-refractivity contribution in [1.29, 1.82) is 0 Å². The summed E-state index contributed by atoms with van der Waals surface area (Å²) >= 11 is 7.45. The van der Waals surface area contributed by atoms with Crippen LogP contribution in [0.5, 0.6) is 0 Å². The number of anilines is 1. The van der Waals surface area contributed by atoms with Gasteiger partial charge in [0.25, 0.3) is 0 Å². The van der Waals surface area contributed by atoms with Crippen molar-refractivity contribution in [2.24, 2.45) is 10.9 Å². The fraction of sp³-hybridized carbons (Fsp3) is 0.417. The van der Waals surface area contributed by atoms with Gasteiger partial charge in [-0.3, -0.25) is 4.99 Å². The van der Waals surface area contributed by atoms with Crippen LogP contribution in [-0.4, -0.2) is 17.0 Å². The van der Waals surface area contributed by atoms with Crippen molar-refractivity contribution in [3.05, 3.63) is 29.0 Å². The summed E-state index contributed by atoms with van der Waals surface area (Å²) in [5, 5.41) is 4.27. The monoisotopic (exact) mass is 272 g/mol. The summed E-state index contributed by atoms with van der Waals surface area (Å²) < 4.78 is 13.5. The molecule has 0 spiro atoms. The Morgan fingerprint density at radius 2 is 2.29 bits per heavy atom. The maximum atomic E-state index is 13.5. The minimum atomic E-state index is -0.314. The van der Waals surface area contributed by atoms with Crippen LogP contribution in [0.1, 0.15) is 13.8 Å². The predicted molar refractivity (Wildman–Crippen MR) is 73.6 cm³/mol. The van der Waals surface area contributed by atoms with Crippen LogP contribution in [0.15, 0.2) is 23.2 Å². The zero-order valence-corrected chi connectivity index (χ0v) is 11.3. The highest BCUT2D eigenvalue weighted by molar-refractivity contribution is 8.14. The molecule has 1 aliphatic rings. The summed E-state index contributed by atoms with van der Waals surface area (Å²) in [7, 11) is 0. The fourth-order valence-corrected chi connectivity index (χ4v) is 2.86. The molecule has 0 bridgehead atoms. The first-order valence-electron chi connectivity index (χ1n) is 5.49. The number of hydrogen-bond donors (Lipinski definition) is 1. The Hall–Kier alpha value is -0.740. The second-order valence-corrected chi connectivity index (χ2v) is 5.75. The van der Waals surface area contributed by atoms with Gasteiger partial charge in [0, 0.05) is 10.8 Å². The number of rotatable bonds is 2. The van der Waals surface area contributed by atoms with Gasteiger partial charge in [-0.05, 0) is 24.1 Å². The molecule has 1 unspecified atom stereocenters. The lowest BCUT2D eigenvalue weighted by molar-refractivity contribution is 0.543. The molecule has 0 saturated heterocycles. The van der Waals surface area contributed by atoms with Crippen LogP contribution in [0.2, 0.25) is 5.02 Å². The molecule has 1 N–H and O–H groups in total. The maximum absolute atomic E-state index is 13.5. The molecule has 0 aliphatic carbocycles. The highest BCUT2D eigenvalue weighted by Crippen LogP contribution is 2.26. The number of amidine groups is 1. The van der Waals surface area contributed by atoms with E-state index < -0.39 is 0 Å². The minimum absolute atomic E-state index is 0.310. The number of thioether (sulfide) groups is 1. The highest BCUT2D eigenvalue weighted by Gasteiger charge is 2.21. The molecule has 2 nitrogen and oxygen atoms in total. The zero-order valence-electron chi connectivity index (χ0n) is 9.71. The largest absolute Gasteiger partial charge is 0.333 e. The van der Waals surface area contributed by atoms with Crippen molar-refractivity contribution in [3.8, 4) is 0 Å². The molecular weight excluding hydrogens is 259 g/mol. The van der Waals surface area contributed by atoms with Crippen LogP contribution in [0.4, 0.5) is 10.1 Å². The first-order chi connectivity index (χ1) is 8.06. The molecule has 1 aromatic carbocycles. The first kappa shape index (κ1) is 12.7. The Bertz CT molecular complexity index is 448. The quantitative estimate of drug-likeness (QED) is 0.879. The van der Waals surface area contributed by atoms with Crippen molar-refractivity contribution < 1.29 is 4.39 Å². The van der Waals surface area contributed by atoms with E-state index in [1.807, 2.05) is 0 Å². The second kappa shape index (κ2) is 5.27. The highest BCUT2D eigenvalue weighted by atomic mass is 35.5. The summed E-state index contributed by atoms with van der Waals surface area (Å²) in [5.74, 6) is 1.14. The number of benzene rings is 1. The second-order valence-electron chi connectivity index (χ2n) is 4.31. The molecule has 0 radical (unpaired) electrons. The molecular formula is C12H14ClFN2S. The van der Waals surface area contributed by atoms with Crippen molar-refractivity contribution >= 4 is 34.2 Å². The van der Waals surface area contributed by atoms with Gasteiger partial charge in [0.1, 0.15) is 5.82 Å². The van der Waals surface area contributed by atoms with Gasteiger partial charge in [0.15, 0.2) is 5.17 Å². The van der Waals surface area contributed by atoms with E-state index in [2.05, 4.69) is 24.2 Å². The molecule has 92 valence electrons. The SMILES string of the molecule is CC(C)C1CSC(Nc2cc(Cl)ccc2F)=N1. The van der Waals surface area contributed by atoms with Gasteiger partial charge in [-0.1, -0.05) is 37.2 Å². The predicted octanol–water partition coefficient (Wildman–Crippen LogP) is 4.02. The number of halogens is 2. The van der Waals surface area contributed by atoms with Crippen molar-refractivity contribution in [1.82, 2.24) is 0 Å². The van der Waals surface area contributed by atoms with Crippen LogP contribution in [0, 0.1) is 11.7 Å². The summed E-state index contributed by atoms with van der Waals surface area (Å²) in [4.78, 5) is 4.51. The smallest absolute Gasteiger partial charge is 0.161 e. The molecule has 0 fully saturated rings. The topological polar surface area (TPSA) is 24.4 Å². The fourth-order valence-electron chi connectivity index (χ4n) is 1.51. The first-order valence-corrected chi connectivity index (χ1v) is 6.85. The van der Waals surface area contributed by atoms with Crippen molar-refractivity contribution in [3.63, 3.8) is 0 Å². The van der Waals surface area contributed by atoms with Crippen LogP contribution in [-0.2, 0) is 0 Å². The average Bonchev–Trinajstić information content (AvgIpc) is 2.72. The summed E-state index contributed by atoms with van der Waals surface area (Å²) in [6.45, 7) is 4.27. The lowest BCUT2D eigenvalue weighted by Gasteiger charge is -2.08. The molecule has 1 aromatic rings. The lowest BCUT2D eigenvalue weighted by atomic mass is 10.1. The average molecular weight is 273 g/mol. The molecule has 0 saturated carbocycles. The van der Waals surface area contributed by atoms with Crippen LogP contribution in [0.25, 0.3) is 0 Å². The third-order valence-electron chi connectivity index (χ3n) is 2.61. The molecule has 0 amide bonds. The molecule has 2 rings (SSSR count). The van der Waals surface area contributed by atoms with Gasteiger partial charge >= 0.3 is 0 Å². The van der Waals surface area contributed by atoms with Crippen LogP contribution in [0.3, 0.4) is 0 Å². The standard InChI is InChI=1S/C12H14ClFN2S/c1-7(2)11-6-17-12(16-11)15-10-5-8(13)3-4-9(10)14/h3-5,7,11H,6H2,1-2H3,(H,15,16). The van der Waals surface area contributed by atoms with Gasteiger partial charge in [-0.2, -0.15) is 0 Å². The third kappa shape index (κ3) is 3.13. The minimum Gasteiger partial charge on any atom is -0.333 e. The van der Waals surface area contributed by atoms with Gasteiger partial charge < -0.3 is 5.32 Å². The number of aliphatic imine (C=N–C) groups is 1. The summed E-state index contributed by atoms with van der Waals surface area (Å²) in [6, 6.07) is 4.76. The van der Waals surface area contributed by atoms with Crippen molar-refractivity contribution in [2.75, 3.05) is 11.1 Å². The van der Waals surface area contributed by atoms with Gasteiger partial charge in [-0.15, -0.1) is 0 Å². The van der Waals surface area contributed by atoms with E-state index in [4.69, 9.17) is 11.6 Å². The van der Waals surface area contributed by atoms with Crippen molar-refractivity contribution in [2.45, 2.75) is 19.9 Å². The van der Waals surface area contributed by atoms with Crippen LogP contribution < -0.4 is 5.32 Å². The Morgan fingerprint density at radius 1 is 1.53 bits per heavy atom. The third-order valence-corrected chi connectivity index (χ3v) is 3.84. The summed E-state index contributed by atoms with van der Waals surface area (Å²) in [5.41, 5.74) is 0.383. The Labute approximate surface area is 110 Å². The Balaban J connectivity index is 2.11. The normalized spacial score (nSPS) is 19.6. The number of nitrogens with zero attached hydrogens (tertiary/aromatic N) is 1. The molecule has 1 aliphatic heterocycles. The van der Waals surface area contributed by atoms with Gasteiger partial charge in [-0.25, -0.2) is 4.39 Å². The van der Waals surface area contributed by atoms with E-state index >= 15 is 0 Å². The Morgan fingerprint density at radius 3 is 2.94 bits per heavy atom. The molecule has 1 heterocycles. The van der Waals surface area contributed by atoms with E-state index in [0.717, 1.165) is 10.9 Å². The van der Waals surface area contributed by atoms with E-state index in [1.54, 1.807) is 17.8 Å². The van der Waals surface area contributed by atoms with E-state index in [1.165, 1.54) is 12.1 Å².